The number of hydrogen-bond donors (Lipinski definition) is 2. The van der Waals surface area contributed by atoms with E-state index in [0.717, 1.165) is 37.4 Å². The number of nitrogens with one attached hydrogen (secondary N) is 2. The van der Waals surface area contributed by atoms with Crippen LogP contribution in [0.4, 0.5) is 14.5 Å². The summed E-state index contributed by atoms with van der Waals surface area (Å²) in [4.78, 5) is 18.5. The third-order valence-corrected chi connectivity index (χ3v) is 6.48. The minimum atomic E-state index is -0.832. The molecule has 2 aliphatic rings. The fourth-order valence-electron chi connectivity index (χ4n) is 4.87. The Bertz CT molecular complexity index is 1110. The predicted molar refractivity (Wildman–Crippen MR) is 114 cm³/mol. The average molecular weight is 409 g/mol. The molecule has 3 aromatic rings. The van der Waals surface area contributed by atoms with Gasteiger partial charge in [0, 0.05) is 42.5 Å². The Morgan fingerprint density at radius 3 is 2.87 bits per heavy atom. The number of aromatic nitrogens is 1. The van der Waals surface area contributed by atoms with Crippen LogP contribution in [0.25, 0.3) is 10.9 Å². The fourth-order valence-corrected chi connectivity index (χ4v) is 4.87. The predicted octanol–water partition coefficient (Wildman–Crippen LogP) is 4.58. The standard InChI is InChI=1S/C24H25F2N3O/c25-20-9-8-16(12-21(20)26)29-11-10-15(14-29)13-27-24(30)19-6-3-5-18-17-4-1-2-7-22(17)28-23(18)19/h3,5-6,8-9,12,15,28H,1-2,4,7,10-11,13-14H2,(H,27,30). The molecule has 2 N–H and O–H groups in total. The molecule has 2 aromatic carbocycles. The second kappa shape index (κ2) is 7.74. The molecule has 156 valence electrons. The molecule has 1 unspecified atom stereocenters. The average Bonchev–Trinajstić information content (AvgIpc) is 3.38. The topological polar surface area (TPSA) is 48.1 Å². The quantitative estimate of drug-likeness (QED) is 0.663. The van der Waals surface area contributed by atoms with Gasteiger partial charge in [-0.05, 0) is 61.8 Å². The van der Waals surface area contributed by atoms with Crippen LogP contribution in [0.15, 0.2) is 36.4 Å². The third-order valence-electron chi connectivity index (χ3n) is 6.48. The zero-order chi connectivity index (χ0) is 20.7. The van der Waals surface area contributed by atoms with Crippen molar-refractivity contribution in [1.29, 1.82) is 0 Å². The molecule has 0 radical (unpaired) electrons. The van der Waals surface area contributed by atoms with Crippen LogP contribution in [0, 0.1) is 17.6 Å². The van der Waals surface area contributed by atoms with Gasteiger partial charge in [-0.3, -0.25) is 4.79 Å². The number of H-pyrrole nitrogens is 1. The summed E-state index contributed by atoms with van der Waals surface area (Å²) in [5.41, 5.74) is 4.96. The van der Waals surface area contributed by atoms with Gasteiger partial charge in [0.25, 0.3) is 5.91 Å². The normalized spacial score (nSPS) is 18.6. The number of anilines is 1. The molecular weight excluding hydrogens is 384 g/mol. The zero-order valence-corrected chi connectivity index (χ0v) is 16.8. The summed E-state index contributed by atoms with van der Waals surface area (Å²) in [6.45, 7) is 2.05. The van der Waals surface area contributed by atoms with Crippen molar-refractivity contribution in [3.05, 3.63) is 64.9 Å². The number of carbonyl (C=O) groups excluding carboxylic acids is 1. The van der Waals surface area contributed by atoms with Gasteiger partial charge in [0.1, 0.15) is 0 Å². The van der Waals surface area contributed by atoms with Crippen LogP contribution >= 0.6 is 0 Å². The van der Waals surface area contributed by atoms with Gasteiger partial charge in [-0.2, -0.15) is 0 Å². The van der Waals surface area contributed by atoms with Crippen LogP contribution < -0.4 is 10.2 Å². The minimum Gasteiger partial charge on any atom is -0.371 e. The van der Waals surface area contributed by atoms with E-state index in [1.165, 1.54) is 35.6 Å². The first-order chi connectivity index (χ1) is 14.6. The summed E-state index contributed by atoms with van der Waals surface area (Å²) in [6.07, 6.45) is 5.42. The molecule has 1 aliphatic carbocycles. The Balaban J connectivity index is 1.26. The van der Waals surface area contributed by atoms with Gasteiger partial charge in [0.2, 0.25) is 0 Å². The number of fused-ring (bicyclic) bond motifs is 3. The number of hydrogen-bond acceptors (Lipinski definition) is 2. The van der Waals surface area contributed by atoms with Gasteiger partial charge in [0.05, 0.1) is 11.1 Å². The first-order valence-electron chi connectivity index (χ1n) is 10.7. The zero-order valence-electron chi connectivity index (χ0n) is 16.8. The molecule has 2 heterocycles. The first kappa shape index (κ1) is 19.1. The van der Waals surface area contributed by atoms with Crippen molar-refractivity contribution in [2.45, 2.75) is 32.1 Å². The summed E-state index contributed by atoms with van der Waals surface area (Å²) in [6, 6.07) is 9.94. The lowest BCUT2D eigenvalue weighted by Gasteiger charge is -2.19. The van der Waals surface area contributed by atoms with E-state index < -0.39 is 11.6 Å². The molecule has 1 fully saturated rings. The van der Waals surface area contributed by atoms with E-state index in [4.69, 9.17) is 0 Å². The highest BCUT2D eigenvalue weighted by atomic mass is 19.2. The number of aryl methyl sites for hydroxylation is 2. The highest BCUT2D eigenvalue weighted by Gasteiger charge is 2.25. The summed E-state index contributed by atoms with van der Waals surface area (Å²) in [5, 5.41) is 4.26. The van der Waals surface area contributed by atoms with E-state index >= 15 is 0 Å². The summed E-state index contributed by atoms with van der Waals surface area (Å²) < 4.78 is 26.7. The molecule has 5 rings (SSSR count). The lowest BCUT2D eigenvalue weighted by Crippen LogP contribution is -2.31. The van der Waals surface area contributed by atoms with Gasteiger partial charge in [-0.1, -0.05) is 12.1 Å². The number of carbonyl (C=O) groups is 1. The molecule has 1 aliphatic heterocycles. The van der Waals surface area contributed by atoms with E-state index in [9.17, 15) is 13.6 Å². The van der Waals surface area contributed by atoms with E-state index in [0.29, 0.717) is 24.3 Å². The van der Waals surface area contributed by atoms with Gasteiger partial charge >= 0.3 is 0 Å². The van der Waals surface area contributed by atoms with Crippen molar-refractivity contribution in [2.75, 3.05) is 24.5 Å². The Labute approximate surface area is 174 Å². The van der Waals surface area contributed by atoms with E-state index in [1.807, 2.05) is 17.0 Å². The number of nitrogens with zero attached hydrogens (tertiary/aromatic N) is 1. The van der Waals surface area contributed by atoms with Gasteiger partial charge < -0.3 is 15.2 Å². The van der Waals surface area contributed by atoms with Crippen molar-refractivity contribution in [3.63, 3.8) is 0 Å². The number of rotatable bonds is 4. The number of benzene rings is 2. The maximum Gasteiger partial charge on any atom is 0.253 e. The van der Waals surface area contributed by atoms with Crippen LogP contribution in [0.1, 0.15) is 40.9 Å². The molecule has 1 amide bonds. The Morgan fingerprint density at radius 1 is 1.13 bits per heavy atom. The van der Waals surface area contributed by atoms with Crippen molar-refractivity contribution in [2.24, 2.45) is 5.92 Å². The van der Waals surface area contributed by atoms with Crippen LogP contribution in [0.3, 0.4) is 0 Å². The largest absolute Gasteiger partial charge is 0.371 e. The van der Waals surface area contributed by atoms with Crippen molar-refractivity contribution in [1.82, 2.24) is 10.3 Å². The molecule has 1 saturated heterocycles. The Hall–Kier alpha value is -2.89. The van der Waals surface area contributed by atoms with Crippen LogP contribution in [0.5, 0.6) is 0 Å². The molecule has 6 heteroatoms. The smallest absolute Gasteiger partial charge is 0.253 e. The molecule has 0 saturated carbocycles. The Morgan fingerprint density at radius 2 is 2.00 bits per heavy atom. The highest BCUT2D eigenvalue weighted by molar-refractivity contribution is 6.06. The Kier molecular flexibility index (Phi) is 4.93. The number of para-hydroxylation sites is 1. The maximum atomic E-state index is 13.5. The van der Waals surface area contributed by atoms with Gasteiger partial charge in [-0.15, -0.1) is 0 Å². The fraction of sp³-hybridized carbons (Fsp3) is 0.375. The van der Waals surface area contributed by atoms with E-state index in [2.05, 4.69) is 16.4 Å². The van der Waals surface area contributed by atoms with Crippen LogP contribution in [-0.2, 0) is 12.8 Å². The highest BCUT2D eigenvalue weighted by Crippen LogP contribution is 2.31. The molecule has 0 bridgehead atoms. The van der Waals surface area contributed by atoms with E-state index in [-0.39, 0.29) is 11.8 Å². The third kappa shape index (κ3) is 3.44. The lowest BCUT2D eigenvalue weighted by molar-refractivity contribution is 0.0950. The summed E-state index contributed by atoms with van der Waals surface area (Å²) in [7, 11) is 0. The number of halogens is 2. The van der Waals surface area contributed by atoms with Gasteiger partial charge in [-0.25, -0.2) is 8.78 Å². The van der Waals surface area contributed by atoms with Crippen molar-refractivity contribution < 1.29 is 13.6 Å². The van der Waals surface area contributed by atoms with Crippen molar-refractivity contribution >= 4 is 22.5 Å². The minimum absolute atomic E-state index is 0.0644. The maximum absolute atomic E-state index is 13.5. The molecule has 1 atom stereocenters. The van der Waals surface area contributed by atoms with Crippen LogP contribution in [0.2, 0.25) is 0 Å². The second-order valence-corrected chi connectivity index (χ2v) is 8.43. The lowest BCUT2D eigenvalue weighted by atomic mass is 9.95. The SMILES string of the molecule is O=C(NCC1CCN(c2ccc(F)c(F)c2)C1)c1cccc2c3c([nH]c12)CCCC3. The molecular formula is C24H25F2N3O. The van der Waals surface area contributed by atoms with Gasteiger partial charge in [0.15, 0.2) is 11.6 Å². The molecule has 4 nitrogen and oxygen atoms in total. The molecule has 30 heavy (non-hydrogen) atoms. The number of aromatic amines is 1. The molecule has 1 aromatic heterocycles. The second-order valence-electron chi connectivity index (χ2n) is 8.43. The van der Waals surface area contributed by atoms with E-state index in [1.54, 1.807) is 6.07 Å². The monoisotopic (exact) mass is 409 g/mol. The molecule has 0 spiro atoms. The summed E-state index contributed by atoms with van der Waals surface area (Å²) >= 11 is 0. The first-order valence-corrected chi connectivity index (χ1v) is 10.7. The summed E-state index contributed by atoms with van der Waals surface area (Å²) in [5.74, 6) is -1.45. The van der Waals surface area contributed by atoms with Crippen molar-refractivity contribution in [3.8, 4) is 0 Å². The van der Waals surface area contributed by atoms with Crippen LogP contribution in [-0.4, -0.2) is 30.5 Å². The number of amides is 1.